The summed E-state index contributed by atoms with van der Waals surface area (Å²) in [5.41, 5.74) is 0. The Morgan fingerprint density at radius 2 is 0.250 bits per heavy atom. The summed E-state index contributed by atoms with van der Waals surface area (Å²) in [4.78, 5) is 0. The van der Waals surface area contributed by atoms with Crippen LogP contribution in [-0.2, 0) is 0 Å². The van der Waals surface area contributed by atoms with Crippen LogP contribution in [0.15, 0.2) is 0 Å². The van der Waals surface area contributed by atoms with Gasteiger partial charge < -0.3 is 0 Å². The summed E-state index contributed by atoms with van der Waals surface area (Å²) in [7, 11) is 0. The molecule has 0 nitrogen and oxygen atoms in total. The molecule has 140 valence electrons. The van der Waals surface area contributed by atoms with Gasteiger partial charge in [0.1, 0.15) is 0 Å². The highest BCUT2D eigenvalue weighted by atomic mass is 13.4. The van der Waals surface area contributed by atoms with Crippen molar-refractivity contribution in [3.05, 3.63) is 0 Å². The maximum absolute atomic E-state index is 2.12. The van der Waals surface area contributed by atoms with E-state index in [0.29, 0.717) is 0 Å². The van der Waals surface area contributed by atoms with E-state index in [1.807, 2.05) is 0 Å². The zero-order valence-electron chi connectivity index (χ0n) is 13.5. The first kappa shape index (κ1) is 72.2. The highest BCUT2D eigenvalue weighted by molar-refractivity contribution is 3.93. The summed E-state index contributed by atoms with van der Waals surface area (Å²) in [6.07, 6.45) is 6.25. The lowest BCUT2D eigenvalue weighted by Gasteiger charge is -1.48. The van der Waals surface area contributed by atoms with E-state index in [1.165, 1.54) is 32.1 Å². The molecule has 0 heterocycles. The molecule has 0 heteroatoms. The third-order valence-corrected chi connectivity index (χ3v) is 0. The van der Waals surface area contributed by atoms with Crippen LogP contribution in [-0.4, -0.2) is 0 Å². The van der Waals surface area contributed by atoms with Gasteiger partial charge in [0.15, 0.2) is 0 Å². The van der Waals surface area contributed by atoms with Gasteiger partial charge in [-0.15, -0.1) is 0 Å². The van der Waals surface area contributed by atoms with Gasteiger partial charge in [0.05, 0.1) is 0 Å². The standard InChI is InChI=1S/5C3H8.5CH4/c5*1-3-2;;;;;/h5*3H2,1-2H3;5*1H4. The maximum atomic E-state index is 2.12. The van der Waals surface area contributed by atoms with Gasteiger partial charge in [-0.2, -0.15) is 0 Å². The smallest absolute Gasteiger partial charge is 0.0590 e. The zero-order chi connectivity index (χ0) is 13.5. The van der Waals surface area contributed by atoms with Gasteiger partial charge in [-0.05, 0) is 0 Å². The Kier molecular flexibility index (Phi) is 889. The monoisotopic (exact) mass is 300 g/mol. The second-order valence-corrected chi connectivity index (χ2v) is 3.54. The molecule has 0 radical (unpaired) electrons. The van der Waals surface area contributed by atoms with E-state index in [9.17, 15) is 0 Å². The molecule has 0 aromatic rings. The lowest BCUT2D eigenvalue weighted by molar-refractivity contribution is 1.09. The molecule has 0 N–H and O–H groups in total. The van der Waals surface area contributed by atoms with Crippen molar-refractivity contribution in [3.8, 4) is 0 Å². The summed E-state index contributed by atoms with van der Waals surface area (Å²) >= 11 is 0. The number of hydrogen-bond acceptors (Lipinski definition) is 0. The topological polar surface area (TPSA) is 0 Å². The first-order chi connectivity index (χ1) is 7.07. The van der Waals surface area contributed by atoms with Crippen LogP contribution in [0.25, 0.3) is 0 Å². The molecule has 0 unspecified atom stereocenters. The highest BCUT2D eigenvalue weighted by Crippen LogP contribution is 1.57. The summed E-state index contributed by atoms with van der Waals surface area (Å²) < 4.78 is 0. The molecule has 0 atom stereocenters. The summed E-state index contributed by atoms with van der Waals surface area (Å²) in [6.45, 7) is 21.2. The molecule has 0 saturated heterocycles. The minimum absolute atomic E-state index is 0. The first-order valence-corrected chi connectivity index (χ1v) is 7.07. The summed E-state index contributed by atoms with van der Waals surface area (Å²) in [5, 5.41) is 0. The molecule has 0 bridgehead atoms. The Labute approximate surface area is 139 Å². The van der Waals surface area contributed by atoms with Crippen molar-refractivity contribution in [2.24, 2.45) is 0 Å². The quantitative estimate of drug-likeness (QED) is 0.417. The molecule has 0 spiro atoms. The van der Waals surface area contributed by atoms with Crippen LogP contribution in [0.1, 0.15) is 138 Å². The van der Waals surface area contributed by atoms with Crippen molar-refractivity contribution in [2.75, 3.05) is 0 Å². The predicted molar refractivity (Wildman–Crippen MR) is 113 cm³/mol. The summed E-state index contributed by atoms with van der Waals surface area (Å²) in [5.74, 6) is 0. The Morgan fingerprint density at radius 3 is 0.250 bits per heavy atom. The second kappa shape index (κ2) is 246. The highest BCUT2D eigenvalue weighted by Gasteiger charge is 1.36. The van der Waals surface area contributed by atoms with Crippen LogP contribution >= 0.6 is 0 Å². The molecule has 0 amide bonds. The van der Waals surface area contributed by atoms with Gasteiger partial charge in [0.2, 0.25) is 0 Å². The average Bonchev–Trinajstić information content (AvgIpc) is 2.09. The van der Waals surface area contributed by atoms with Gasteiger partial charge in [-0.1, -0.05) is 138 Å². The zero-order valence-corrected chi connectivity index (χ0v) is 13.5. The average molecular weight is 301 g/mol. The molecule has 0 fully saturated rings. The van der Waals surface area contributed by atoms with Gasteiger partial charge in [-0.3, -0.25) is 0 Å². The van der Waals surface area contributed by atoms with Gasteiger partial charge in [0.25, 0.3) is 0 Å². The lowest BCUT2D eigenvalue weighted by Crippen LogP contribution is -1.27. The molecule has 0 aromatic carbocycles. The predicted octanol–water partition coefficient (Wildman–Crippen LogP) is 10.3. The first-order valence-electron chi connectivity index (χ1n) is 7.07. The lowest BCUT2D eigenvalue weighted by atomic mass is 10.6. The van der Waals surface area contributed by atoms with Gasteiger partial charge >= 0.3 is 0 Å². The van der Waals surface area contributed by atoms with Crippen LogP contribution in [0, 0.1) is 0 Å². The van der Waals surface area contributed by atoms with Crippen molar-refractivity contribution in [3.63, 3.8) is 0 Å². The largest absolute Gasteiger partial charge is 0.0776 e. The molecule has 0 aliphatic carbocycles. The molecule has 0 rings (SSSR count). The Bertz CT molecular complexity index is 11.6. The SMILES string of the molecule is C.C.C.C.C.CCC.CCC.CCC.CCC.CCC. The molecule has 0 aliphatic heterocycles. The Balaban J connectivity index is -0.00000000735. The fourth-order valence-electron chi connectivity index (χ4n) is 0. The Morgan fingerprint density at radius 1 is 0.250 bits per heavy atom. The van der Waals surface area contributed by atoms with E-state index in [1.54, 1.807) is 0 Å². The molecular weight excluding hydrogens is 240 g/mol. The normalized spacial score (nSPS) is 4.50. The molecule has 0 aliphatic rings. The summed E-state index contributed by atoms with van der Waals surface area (Å²) in [6, 6.07) is 0. The number of rotatable bonds is 0. The van der Waals surface area contributed by atoms with E-state index >= 15 is 0 Å². The van der Waals surface area contributed by atoms with Crippen molar-refractivity contribution < 1.29 is 0 Å². The van der Waals surface area contributed by atoms with Gasteiger partial charge in [0, 0.05) is 0 Å². The maximum Gasteiger partial charge on any atom is -0.0590 e. The number of hydrogen-bond donors (Lipinski definition) is 0. The van der Waals surface area contributed by atoms with E-state index in [0.717, 1.165) is 0 Å². The van der Waals surface area contributed by atoms with Crippen molar-refractivity contribution in [1.29, 1.82) is 0 Å². The third-order valence-electron chi connectivity index (χ3n) is 0. The van der Waals surface area contributed by atoms with Crippen molar-refractivity contribution in [1.82, 2.24) is 0 Å². The van der Waals surface area contributed by atoms with Crippen LogP contribution in [0.3, 0.4) is 0 Å². The van der Waals surface area contributed by atoms with Crippen molar-refractivity contribution in [2.45, 2.75) is 138 Å². The van der Waals surface area contributed by atoms with Gasteiger partial charge in [-0.25, -0.2) is 0 Å². The van der Waals surface area contributed by atoms with Crippen LogP contribution in [0.4, 0.5) is 0 Å². The fraction of sp³-hybridized carbons (Fsp3) is 1.00. The molecule has 20 heavy (non-hydrogen) atoms. The van der Waals surface area contributed by atoms with E-state index in [4.69, 9.17) is 0 Å². The molecule has 0 aromatic heterocycles. The van der Waals surface area contributed by atoms with Crippen LogP contribution in [0.5, 0.6) is 0 Å². The molecular formula is C20H60. The minimum atomic E-state index is 0. The second-order valence-electron chi connectivity index (χ2n) is 3.54. The van der Waals surface area contributed by atoms with Crippen LogP contribution in [0.2, 0.25) is 0 Å². The third kappa shape index (κ3) is 0. The Hall–Kier alpha value is 0. The molecule has 0 saturated carbocycles. The van der Waals surface area contributed by atoms with Crippen LogP contribution < -0.4 is 0 Å². The van der Waals surface area contributed by atoms with E-state index in [-0.39, 0.29) is 37.1 Å². The van der Waals surface area contributed by atoms with E-state index in [2.05, 4.69) is 69.2 Å². The minimum Gasteiger partial charge on any atom is -0.0776 e. The van der Waals surface area contributed by atoms with Crippen molar-refractivity contribution >= 4 is 0 Å². The fourth-order valence-corrected chi connectivity index (χ4v) is 0. The van der Waals surface area contributed by atoms with E-state index < -0.39 is 0 Å².